The second kappa shape index (κ2) is 6.72. The lowest BCUT2D eigenvalue weighted by Gasteiger charge is -2.38. The normalized spacial score (nSPS) is 30.3. The van der Waals surface area contributed by atoms with Crippen LogP contribution in [0.3, 0.4) is 0 Å². The largest absolute Gasteiger partial charge is 0.456 e. The van der Waals surface area contributed by atoms with Gasteiger partial charge in [-0.1, -0.05) is 11.6 Å². The Morgan fingerprint density at radius 3 is 1.89 bits per heavy atom. The van der Waals surface area contributed by atoms with Gasteiger partial charge in [0, 0.05) is 20.8 Å². The third-order valence-corrected chi connectivity index (χ3v) is 2.66. The van der Waals surface area contributed by atoms with E-state index in [9.17, 15) is 14.4 Å². The summed E-state index contributed by atoms with van der Waals surface area (Å²) < 4.78 is 20.1. The highest BCUT2D eigenvalue weighted by Crippen LogP contribution is 2.26. The monoisotopic (exact) mass is 294 g/mol. The van der Waals surface area contributed by atoms with Gasteiger partial charge in [-0.2, -0.15) is 0 Å². The molecule has 19 heavy (non-hydrogen) atoms. The fraction of sp³-hybridized carbons (Fsp3) is 0.727. The maximum absolute atomic E-state index is 11.1. The molecule has 8 heteroatoms. The quantitative estimate of drug-likeness (QED) is 0.422. The molecule has 1 rings (SSSR count). The molecule has 0 amide bonds. The minimum absolute atomic E-state index is 0.0521. The molecule has 0 aliphatic carbocycles. The van der Waals surface area contributed by atoms with Crippen molar-refractivity contribution in [3.63, 3.8) is 0 Å². The molecule has 4 atom stereocenters. The van der Waals surface area contributed by atoms with Gasteiger partial charge in [-0.15, -0.1) is 0 Å². The van der Waals surface area contributed by atoms with E-state index >= 15 is 0 Å². The van der Waals surface area contributed by atoms with E-state index in [1.165, 1.54) is 20.8 Å². The highest BCUT2D eigenvalue weighted by Gasteiger charge is 2.46. The highest BCUT2D eigenvalue weighted by atomic mass is 35.5. The van der Waals surface area contributed by atoms with E-state index in [1.807, 2.05) is 0 Å². The smallest absolute Gasteiger partial charge is 0.303 e. The van der Waals surface area contributed by atoms with Crippen LogP contribution >= 0.6 is 11.6 Å². The Labute approximate surface area is 115 Å². The van der Waals surface area contributed by atoms with Gasteiger partial charge in [0.25, 0.3) is 0 Å². The molecule has 1 saturated heterocycles. The van der Waals surface area contributed by atoms with Crippen LogP contribution in [0, 0.1) is 0 Å². The summed E-state index contributed by atoms with van der Waals surface area (Å²) in [6.45, 7) is 3.53. The van der Waals surface area contributed by atoms with Crippen molar-refractivity contribution in [1.82, 2.24) is 0 Å². The third-order valence-electron chi connectivity index (χ3n) is 2.29. The Bertz CT molecular complexity index is 370. The van der Waals surface area contributed by atoms with Crippen molar-refractivity contribution >= 4 is 29.5 Å². The molecule has 0 bridgehead atoms. The molecule has 7 nitrogen and oxygen atoms in total. The van der Waals surface area contributed by atoms with Crippen molar-refractivity contribution in [1.29, 1.82) is 0 Å². The van der Waals surface area contributed by atoms with E-state index in [0.717, 1.165) is 0 Å². The first-order valence-electron chi connectivity index (χ1n) is 5.58. The number of carbonyl (C=O) groups excluding carboxylic acids is 3. The summed E-state index contributed by atoms with van der Waals surface area (Å²) in [4.78, 5) is 33.1. The molecular weight excluding hydrogens is 280 g/mol. The van der Waals surface area contributed by atoms with Crippen molar-refractivity contribution in [2.75, 3.05) is 6.61 Å². The highest BCUT2D eigenvalue weighted by molar-refractivity contribution is 6.20. The van der Waals surface area contributed by atoms with Gasteiger partial charge in [-0.3, -0.25) is 14.4 Å². The zero-order chi connectivity index (χ0) is 14.6. The van der Waals surface area contributed by atoms with Crippen LogP contribution in [0.25, 0.3) is 0 Å². The first-order valence-corrected chi connectivity index (χ1v) is 6.02. The van der Waals surface area contributed by atoms with E-state index in [1.54, 1.807) is 0 Å². The third kappa shape index (κ3) is 4.68. The van der Waals surface area contributed by atoms with E-state index in [-0.39, 0.29) is 6.61 Å². The molecule has 1 aliphatic heterocycles. The summed E-state index contributed by atoms with van der Waals surface area (Å²) in [6, 6.07) is 0. The van der Waals surface area contributed by atoms with Gasteiger partial charge in [0.05, 0.1) is 6.61 Å². The summed E-state index contributed by atoms with van der Waals surface area (Å²) in [5.74, 6) is -1.79. The molecule has 1 heterocycles. The number of alkyl halides is 1. The van der Waals surface area contributed by atoms with Crippen LogP contribution in [0.4, 0.5) is 0 Å². The van der Waals surface area contributed by atoms with Crippen LogP contribution in [-0.2, 0) is 33.3 Å². The summed E-state index contributed by atoms with van der Waals surface area (Å²) in [5.41, 5.74) is -0.986. The van der Waals surface area contributed by atoms with Crippen LogP contribution in [0.1, 0.15) is 20.8 Å². The van der Waals surface area contributed by atoms with Crippen molar-refractivity contribution in [2.45, 2.75) is 44.6 Å². The molecular formula is C11H15ClO7. The molecule has 0 radical (unpaired) electrons. The number of hydrogen-bond acceptors (Lipinski definition) is 7. The maximum atomic E-state index is 11.1. The molecule has 0 aromatic rings. The Morgan fingerprint density at radius 1 is 0.947 bits per heavy atom. The lowest BCUT2D eigenvalue weighted by atomic mass is 10.1. The van der Waals surface area contributed by atoms with Gasteiger partial charge >= 0.3 is 17.9 Å². The van der Waals surface area contributed by atoms with Crippen LogP contribution < -0.4 is 0 Å². The lowest BCUT2D eigenvalue weighted by molar-refractivity contribution is -0.214. The minimum Gasteiger partial charge on any atom is -0.456 e. The average Bonchev–Trinajstić information content (AvgIpc) is 2.25. The van der Waals surface area contributed by atoms with E-state index in [2.05, 4.69) is 0 Å². The predicted octanol–water partition coefficient (Wildman–Crippen LogP) is 0.377. The average molecular weight is 295 g/mol. The zero-order valence-corrected chi connectivity index (χ0v) is 11.5. The number of carbonyl (C=O) groups is 3. The lowest BCUT2D eigenvalue weighted by Crippen LogP contribution is -2.55. The number of hydrogen-bond donors (Lipinski definition) is 0. The van der Waals surface area contributed by atoms with Gasteiger partial charge in [0.1, 0.15) is 0 Å². The van der Waals surface area contributed by atoms with Crippen molar-refractivity contribution in [3.05, 3.63) is 0 Å². The predicted molar refractivity (Wildman–Crippen MR) is 62.3 cm³/mol. The van der Waals surface area contributed by atoms with Gasteiger partial charge in [-0.25, -0.2) is 0 Å². The summed E-state index contributed by atoms with van der Waals surface area (Å²) in [6.07, 6.45) is -2.91. The molecule has 0 saturated carbocycles. The van der Waals surface area contributed by atoms with E-state index in [0.29, 0.717) is 0 Å². The molecule has 0 N–H and O–H groups in total. The molecule has 0 aromatic heterocycles. The number of ether oxygens (including phenoxy) is 4. The van der Waals surface area contributed by atoms with E-state index < -0.39 is 41.8 Å². The van der Waals surface area contributed by atoms with Gasteiger partial charge in [0.15, 0.2) is 23.9 Å². The van der Waals surface area contributed by atoms with Crippen molar-refractivity contribution in [2.24, 2.45) is 0 Å². The van der Waals surface area contributed by atoms with Gasteiger partial charge in [0.2, 0.25) is 0 Å². The fourth-order valence-electron chi connectivity index (χ4n) is 1.70. The van der Waals surface area contributed by atoms with E-state index in [4.69, 9.17) is 30.5 Å². The SMILES string of the molecule is CC(=O)OC1COC(Cl)C(OC(C)=O)C1OC(C)=O. The second-order valence-corrected chi connectivity index (χ2v) is 4.41. The topological polar surface area (TPSA) is 88.1 Å². The van der Waals surface area contributed by atoms with Crippen LogP contribution in [-0.4, -0.2) is 48.4 Å². The molecule has 0 spiro atoms. The van der Waals surface area contributed by atoms with Crippen LogP contribution in [0.5, 0.6) is 0 Å². The Morgan fingerprint density at radius 2 is 1.42 bits per heavy atom. The van der Waals surface area contributed by atoms with Crippen LogP contribution in [0.2, 0.25) is 0 Å². The Balaban J connectivity index is 2.89. The standard InChI is InChI=1S/C11H15ClO7/c1-5(13)17-8-4-16-11(12)10(19-7(3)15)9(8)18-6(2)14/h8-11H,4H2,1-3H3. The fourth-order valence-corrected chi connectivity index (χ4v) is 1.97. The number of esters is 3. The molecule has 1 fully saturated rings. The first-order chi connectivity index (χ1) is 8.81. The summed E-state index contributed by atoms with van der Waals surface area (Å²) in [7, 11) is 0. The van der Waals surface area contributed by atoms with Gasteiger partial charge in [-0.05, 0) is 0 Å². The molecule has 0 aromatic carbocycles. The minimum atomic E-state index is -1.04. The Hall–Kier alpha value is -1.34. The molecule has 108 valence electrons. The number of halogens is 1. The summed E-state index contributed by atoms with van der Waals surface area (Å²) >= 11 is 5.88. The summed E-state index contributed by atoms with van der Waals surface area (Å²) in [5, 5.41) is 0. The zero-order valence-electron chi connectivity index (χ0n) is 10.8. The maximum Gasteiger partial charge on any atom is 0.303 e. The number of rotatable bonds is 3. The van der Waals surface area contributed by atoms with Crippen LogP contribution in [0.15, 0.2) is 0 Å². The van der Waals surface area contributed by atoms with Crippen molar-refractivity contribution in [3.8, 4) is 0 Å². The first kappa shape index (κ1) is 15.7. The molecule has 4 unspecified atom stereocenters. The Kier molecular flexibility index (Phi) is 5.56. The molecule has 1 aliphatic rings. The van der Waals surface area contributed by atoms with Gasteiger partial charge < -0.3 is 18.9 Å². The second-order valence-electron chi connectivity index (χ2n) is 3.98. The van der Waals surface area contributed by atoms with Crippen molar-refractivity contribution < 1.29 is 33.3 Å².